The van der Waals surface area contributed by atoms with Crippen LogP contribution in [0.1, 0.15) is 43.2 Å². The molecule has 1 unspecified atom stereocenters. The fraction of sp³-hybridized carbons (Fsp3) is 0.429. The molecule has 7 nitrogen and oxygen atoms in total. The molecular weight excluding hydrogens is 447 g/mol. The second kappa shape index (κ2) is 8.93. The molecule has 1 aliphatic rings. The van der Waals surface area contributed by atoms with Crippen LogP contribution in [0.2, 0.25) is 5.28 Å². The first-order valence-corrected chi connectivity index (χ1v) is 10.6. The maximum absolute atomic E-state index is 12.8. The van der Waals surface area contributed by atoms with E-state index >= 15 is 0 Å². The number of nitrogens with zero attached hydrogens (tertiary/aromatic N) is 4. The van der Waals surface area contributed by atoms with Gasteiger partial charge in [0.1, 0.15) is 5.52 Å². The van der Waals surface area contributed by atoms with Crippen molar-refractivity contribution in [3.63, 3.8) is 0 Å². The molecule has 1 aliphatic carbocycles. The van der Waals surface area contributed by atoms with Crippen LogP contribution in [0.25, 0.3) is 11.2 Å². The third kappa shape index (κ3) is 4.95. The molecule has 0 saturated heterocycles. The molecule has 2 heterocycles. The maximum Gasteiger partial charge on any atom is 0.416 e. The van der Waals surface area contributed by atoms with Gasteiger partial charge in [0.2, 0.25) is 5.28 Å². The van der Waals surface area contributed by atoms with E-state index in [2.05, 4.69) is 20.3 Å². The Balaban J connectivity index is 1.63. The van der Waals surface area contributed by atoms with Crippen molar-refractivity contribution in [2.24, 2.45) is 5.92 Å². The number of nitrogens with one attached hydrogen (secondary N) is 1. The summed E-state index contributed by atoms with van der Waals surface area (Å²) in [6.45, 7) is 0.261. The van der Waals surface area contributed by atoms with Crippen LogP contribution in [0.4, 0.5) is 19.0 Å². The second-order valence-electron chi connectivity index (χ2n) is 7.95. The molecule has 0 bridgehead atoms. The molecule has 0 amide bonds. The van der Waals surface area contributed by atoms with Gasteiger partial charge in [0, 0.05) is 19.0 Å². The SMILES string of the molecule is O=C(O)CCC(Nc1nc(Cl)nc2ncn(Cc3ccc(C(F)(F)F)cc3)c12)C1CCC1. The number of aliphatic carboxylic acids is 1. The molecular formula is C21H21ClF3N5O2. The van der Waals surface area contributed by atoms with Crippen molar-refractivity contribution < 1.29 is 23.1 Å². The average molecular weight is 468 g/mol. The average Bonchev–Trinajstić information content (AvgIpc) is 3.07. The van der Waals surface area contributed by atoms with Crippen molar-refractivity contribution in [3.8, 4) is 0 Å². The summed E-state index contributed by atoms with van der Waals surface area (Å²) in [6.07, 6.45) is 0.718. The summed E-state index contributed by atoms with van der Waals surface area (Å²) in [5.41, 5.74) is 0.856. The number of fused-ring (bicyclic) bond motifs is 1. The Bertz CT molecular complexity index is 1110. The van der Waals surface area contributed by atoms with E-state index < -0.39 is 17.7 Å². The van der Waals surface area contributed by atoms with Crippen molar-refractivity contribution in [1.82, 2.24) is 19.5 Å². The minimum Gasteiger partial charge on any atom is -0.481 e. The van der Waals surface area contributed by atoms with E-state index in [0.717, 1.165) is 31.4 Å². The van der Waals surface area contributed by atoms with Crippen LogP contribution in [0, 0.1) is 5.92 Å². The fourth-order valence-electron chi connectivity index (χ4n) is 3.89. The smallest absolute Gasteiger partial charge is 0.416 e. The molecule has 170 valence electrons. The number of halogens is 4. The van der Waals surface area contributed by atoms with Crippen LogP contribution in [-0.2, 0) is 17.5 Å². The van der Waals surface area contributed by atoms with E-state index in [1.807, 2.05) is 0 Å². The predicted octanol–water partition coefficient (Wildman–Crippen LogP) is 4.99. The monoisotopic (exact) mass is 467 g/mol. The van der Waals surface area contributed by atoms with Gasteiger partial charge in [-0.3, -0.25) is 4.79 Å². The van der Waals surface area contributed by atoms with Gasteiger partial charge in [0.15, 0.2) is 11.5 Å². The quantitative estimate of drug-likeness (QED) is 0.453. The van der Waals surface area contributed by atoms with Gasteiger partial charge in [-0.05, 0) is 54.5 Å². The highest BCUT2D eigenvalue weighted by atomic mass is 35.5. The first-order chi connectivity index (χ1) is 15.2. The molecule has 11 heteroatoms. The van der Waals surface area contributed by atoms with Crippen LogP contribution in [-0.4, -0.2) is 36.6 Å². The van der Waals surface area contributed by atoms with Gasteiger partial charge in [-0.25, -0.2) is 4.98 Å². The Morgan fingerprint density at radius 2 is 1.97 bits per heavy atom. The summed E-state index contributed by atoms with van der Waals surface area (Å²) < 4.78 is 40.3. The van der Waals surface area contributed by atoms with E-state index in [4.69, 9.17) is 16.7 Å². The van der Waals surface area contributed by atoms with Gasteiger partial charge in [0.05, 0.1) is 11.9 Å². The number of rotatable bonds is 8. The van der Waals surface area contributed by atoms with Gasteiger partial charge in [-0.15, -0.1) is 0 Å². The topological polar surface area (TPSA) is 92.9 Å². The van der Waals surface area contributed by atoms with Crippen LogP contribution in [0.3, 0.4) is 0 Å². The summed E-state index contributed by atoms with van der Waals surface area (Å²) in [7, 11) is 0. The number of hydrogen-bond donors (Lipinski definition) is 2. The zero-order valence-corrected chi connectivity index (χ0v) is 17.7. The van der Waals surface area contributed by atoms with Gasteiger partial charge in [-0.1, -0.05) is 18.6 Å². The number of carboxylic acids is 1. The molecule has 0 aliphatic heterocycles. The summed E-state index contributed by atoms with van der Waals surface area (Å²) >= 11 is 6.08. The molecule has 0 spiro atoms. The Hall–Kier alpha value is -2.88. The minimum atomic E-state index is -4.39. The van der Waals surface area contributed by atoms with E-state index in [0.29, 0.717) is 34.9 Å². The number of alkyl halides is 3. The van der Waals surface area contributed by atoms with Crippen molar-refractivity contribution in [1.29, 1.82) is 0 Å². The maximum atomic E-state index is 12.8. The number of imidazole rings is 1. The van der Waals surface area contributed by atoms with Crippen LogP contribution in [0.15, 0.2) is 30.6 Å². The molecule has 3 aromatic rings. The molecule has 4 rings (SSSR count). The number of aromatic nitrogens is 4. The van der Waals surface area contributed by atoms with E-state index in [9.17, 15) is 18.0 Å². The highest BCUT2D eigenvalue weighted by Gasteiger charge is 2.30. The Morgan fingerprint density at radius 3 is 2.56 bits per heavy atom. The summed E-state index contributed by atoms with van der Waals surface area (Å²) in [6, 6.07) is 4.83. The van der Waals surface area contributed by atoms with Gasteiger partial charge in [-0.2, -0.15) is 23.1 Å². The molecule has 0 radical (unpaired) electrons. The third-order valence-corrected chi connectivity index (χ3v) is 5.96. The molecule has 1 aromatic carbocycles. The Morgan fingerprint density at radius 1 is 1.25 bits per heavy atom. The van der Waals surface area contributed by atoms with Crippen LogP contribution < -0.4 is 5.32 Å². The second-order valence-corrected chi connectivity index (χ2v) is 8.29. The molecule has 32 heavy (non-hydrogen) atoms. The number of hydrogen-bond acceptors (Lipinski definition) is 5. The zero-order valence-electron chi connectivity index (χ0n) is 16.9. The van der Waals surface area contributed by atoms with E-state index in [-0.39, 0.29) is 24.3 Å². The van der Waals surface area contributed by atoms with E-state index in [1.54, 1.807) is 4.57 Å². The first kappa shape index (κ1) is 22.3. The lowest BCUT2D eigenvalue weighted by molar-refractivity contribution is -0.138. The highest BCUT2D eigenvalue weighted by Crippen LogP contribution is 2.34. The van der Waals surface area contributed by atoms with Crippen LogP contribution in [0.5, 0.6) is 0 Å². The predicted molar refractivity (Wildman–Crippen MR) is 113 cm³/mol. The summed E-state index contributed by atoms with van der Waals surface area (Å²) in [5.74, 6) is -0.0922. The zero-order chi connectivity index (χ0) is 22.9. The van der Waals surface area contributed by atoms with Crippen molar-refractivity contribution in [2.45, 2.75) is 50.9 Å². The lowest BCUT2D eigenvalue weighted by atomic mass is 9.78. The number of benzene rings is 1. The first-order valence-electron chi connectivity index (χ1n) is 10.2. The van der Waals surface area contributed by atoms with Crippen LogP contribution >= 0.6 is 11.6 Å². The largest absolute Gasteiger partial charge is 0.481 e. The molecule has 1 saturated carbocycles. The lowest BCUT2D eigenvalue weighted by Gasteiger charge is -2.34. The molecule has 1 atom stereocenters. The summed E-state index contributed by atoms with van der Waals surface area (Å²) in [4.78, 5) is 23.8. The normalized spacial score (nSPS) is 15.5. The Kier molecular flexibility index (Phi) is 6.23. The van der Waals surface area contributed by atoms with Gasteiger partial charge >= 0.3 is 12.1 Å². The highest BCUT2D eigenvalue weighted by molar-refractivity contribution is 6.28. The lowest BCUT2D eigenvalue weighted by Crippen LogP contribution is -2.34. The van der Waals surface area contributed by atoms with Gasteiger partial charge < -0.3 is 15.0 Å². The number of anilines is 1. The summed E-state index contributed by atoms with van der Waals surface area (Å²) in [5, 5.41) is 12.5. The number of carbonyl (C=O) groups is 1. The van der Waals surface area contributed by atoms with Crippen molar-refractivity contribution >= 4 is 34.6 Å². The molecule has 2 aromatic heterocycles. The minimum absolute atomic E-state index is 0.00498. The van der Waals surface area contributed by atoms with E-state index in [1.165, 1.54) is 18.5 Å². The van der Waals surface area contributed by atoms with Crippen molar-refractivity contribution in [2.75, 3.05) is 5.32 Å². The molecule has 2 N–H and O–H groups in total. The standard InChI is InChI=1S/C21H21ClF3N5O2/c22-20-28-18-17(19(29-20)27-15(8-9-16(31)32)13-2-1-3-13)30(11-26-18)10-12-4-6-14(7-5-12)21(23,24)25/h4-7,11,13,15H,1-3,8-10H2,(H,31,32)(H,27,28,29). The van der Waals surface area contributed by atoms with Gasteiger partial charge in [0.25, 0.3) is 0 Å². The Labute approximate surface area is 186 Å². The molecule has 1 fully saturated rings. The third-order valence-electron chi connectivity index (χ3n) is 5.79. The van der Waals surface area contributed by atoms with Crippen molar-refractivity contribution in [3.05, 3.63) is 47.0 Å². The fourth-order valence-corrected chi connectivity index (χ4v) is 4.06. The number of carboxylic acid groups (broad SMARTS) is 1.